The van der Waals surface area contributed by atoms with Crippen molar-refractivity contribution in [3.63, 3.8) is 0 Å². The van der Waals surface area contributed by atoms with Gasteiger partial charge in [0.15, 0.2) is 0 Å². The van der Waals surface area contributed by atoms with Crippen LogP contribution in [0.15, 0.2) is 48.7 Å². The number of rotatable bonds is 5. The molecule has 2 aromatic rings. The molecule has 0 amide bonds. The molecule has 0 aliphatic heterocycles. The Morgan fingerprint density at radius 3 is 2.35 bits per heavy atom. The zero-order valence-electron chi connectivity index (χ0n) is 11.4. The van der Waals surface area contributed by atoms with Crippen molar-refractivity contribution in [2.24, 2.45) is 0 Å². The van der Waals surface area contributed by atoms with Crippen LogP contribution in [0, 0.1) is 0 Å². The van der Waals surface area contributed by atoms with Gasteiger partial charge in [-0.15, -0.1) is 0 Å². The molecule has 1 atom stereocenters. The Morgan fingerprint density at radius 1 is 1.10 bits per heavy atom. The Kier molecular flexibility index (Phi) is 8.08. The van der Waals surface area contributed by atoms with Crippen LogP contribution in [0.4, 0.5) is 0 Å². The summed E-state index contributed by atoms with van der Waals surface area (Å²) < 4.78 is 0. The number of pyridine rings is 1. The van der Waals surface area contributed by atoms with Crippen LogP contribution in [0.5, 0.6) is 0 Å². The van der Waals surface area contributed by atoms with E-state index in [1.54, 1.807) is 0 Å². The first kappa shape index (κ1) is 17.9. The van der Waals surface area contributed by atoms with E-state index in [0.29, 0.717) is 5.92 Å². The molecule has 1 unspecified atom stereocenters. The van der Waals surface area contributed by atoms with Crippen LogP contribution in [-0.4, -0.2) is 68.3 Å². The fraction of sp³-hybridized carbons (Fsp3) is 0.312. The average Bonchev–Trinajstić information content (AvgIpc) is 2.42. The first-order chi connectivity index (χ1) is 9.16. The summed E-state index contributed by atoms with van der Waals surface area (Å²) in [5, 5.41) is 0.774. The summed E-state index contributed by atoms with van der Waals surface area (Å²) in [6, 6.07) is 14.2. The van der Waals surface area contributed by atoms with Gasteiger partial charge in [-0.25, -0.2) is 0 Å². The van der Waals surface area contributed by atoms with E-state index in [-0.39, 0.29) is 37.7 Å². The SMILES string of the molecule is CN(C)CCC(c1ccc(Cl)cc1)c1ccccn1.[CaH2]. The van der Waals surface area contributed by atoms with Crippen LogP contribution in [0.25, 0.3) is 0 Å². The van der Waals surface area contributed by atoms with Crippen LogP contribution in [0.3, 0.4) is 0 Å². The van der Waals surface area contributed by atoms with Crippen molar-refractivity contribution < 1.29 is 0 Å². The second kappa shape index (κ2) is 9.01. The Balaban J connectivity index is 0.00000200. The molecule has 0 saturated carbocycles. The second-order valence-electron chi connectivity index (χ2n) is 4.95. The van der Waals surface area contributed by atoms with Gasteiger partial charge in [0.25, 0.3) is 0 Å². The molecule has 0 fully saturated rings. The minimum atomic E-state index is 0. The molecule has 0 aliphatic rings. The second-order valence-corrected chi connectivity index (χ2v) is 5.39. The van der Waals surface area contributed by atoms with Crippen molar-refractivity contribution in [2.75, 3.05) is 20.6 Å². The van der Waals surface area contributed by atoms with Gasteiger partial charge in [-0.3, -0.25) is 4.98 Å². The standard InChI is InChI=1S/C16H19ClN2.Ca.2H/c1-19(2)12-10-15(16-5-3-4-11-18-16)13-6-8-14(17)9-7-13;;;/h3-9,11,15H,10,12H2,1-2H3;;;. The summed E-state index contributed by atoms with van der Waals surface area (Å²) in [5.41, 5.74) is 2.39. The van der Waals surface area contributed by atoms with Gasteiger partial charge < -0.3 is 4.90 Å². The summed E-state index contributed by atoms with van der Waals surface area (Å²) >= 11 is 5.97. The zero-order valence-corrected chi connectivity index (χ0v) is 12.1. The number of halogens is 1. The normalized spacial score (nSPS) is 12.0. The molecule has 2 nitrogen and oxygen atoms in total. The van der Waals surface area contributed by atoms with E-state index in [0.717, 1.165) is 23.7 Å². The zero-order chi connectivity index (χ0) is 13.7. The summed E-state index contributed by atoms with van der Waals surface area (Å²) in [4.78, 5) is 6.70. The third kappa shape index (κ3) is 5.34. The van der Waals surface area contributed by atoms with Gasteiger partial charge in [-0.1, -0.05) is 29.8 Å². The van der Waals surface area contributed by atoms with Gasteiger partial charge in [0.1, 0.15) is 0 Å². The van der Waals surface area contributed by atoms with Gasteiger partial charge in [0.2, 0.25) is 0 Å². The Hall–Kier alpha value is -0.120. The van der Waals surface area contributed by atoms with Crippen LogP contribution in [0.1, 0.15) is 23.6 Å². The van der Waals surface area contributed by atoms with Crippen molar-refractivity contribution in [2.45, 2.75) is 12.3 Å². The monoisotopic (exact) mass is 316 g/mol. The number of aromatic nitrogens is 1. The minimum absolute atomic E-state index is 0. The number of hydrogen-bond acceptors (Lipinski definition) is 2. The molecule has 20 heavy (non-hydrogen) atoms. The van der Waals surface area contributed by atoms with Gasteiger partial charge in [0.05, 0.1) is 0 Å². The van der Waals surface area contributed by atoms with Crippen molar-refractivity contribution in [3.05, 3.63) is 64.9 Å². The molecule has 0 radical (unpaired) electrons. The first-order valence-corrected chi connectivity index (χ1v) is 6.86. The summed E-state index contributed by atoms with van der Waals surface area (Å²) in [6.07, 6.45) is 2.90. The molecule has 0 spiro atoms. The fourth-order valence-corrected chi connectivity index (χ4v) is 2.28. The quantitative estimate of drug-likeness (QED) is 0.789. The molecule has 4 heteroatoms. The van der Waals surface area contributed by atoms with Crippen LogP contribution in [0.2, 0.25) is 5.02 Å². The van der Waals surface area contributed by atoms with E-state index in [1.165, 1.54) is 5.56 Å². The maximum atomic E-state index is 5.97. The Morgan fingerprint density at radius 2 is 1.80 bits per heavy atom. The predicted molar refractivity (Wildman–Crippen MR) is 89.2 cm³/mol. The van der Waals surface area contributed by atoms with Gasteiger partial charge >= 0.3 is 37.7 Å². The number of hydrogen-bond donors (Lipinski definition) is 0. The topological polar surface area (TPSA) is 16.1 Å². The molecule has 1 heterocycles. The van der Waals surface area contributed by atoms with Crippen LogP contribution < -0.4 is 0 Å². The molecule has 104 valence electrons. The Bertz CT molecular complexity index is 500. The van der Waals surface area contributed by atoms with Crippen LogP contribution >= 0.6 is 11.6 Å². The number of nitrogens with zero attached hydrogens (tertiary/aromatic N) is 2. The van der Waals surface area contributed by atoms with Crippen LogP contribution in [-0.2, 0) is 0 Å². The average molecular weight is 317 g/mol. The summed E-state index contributed by atoms with van der Waals surface area (Å²) in [6.45, 7) is 1.03. The molecular weight excluding hydrogens is 296 g/mol. The van der Waals surface area contributed by atoms with Crippen molar-refractivity contribution in [3.8, 4) is 0 Å². The molecule has 0 saturated heterocycles. The molecule has 1 aromatic carbocycles. The molecule has 0 bridgehead atoms. The molecule has 2 rings (SSSR count). The van der Waals surface area contributed by atoms with E-state index >= 15 is 0 Å². The Labute approximate surface area is 156 Å². The maximum absolute atomic E-state index is 5.97. The van der Waals surface area contributed by atoms with E-state index in [1.807, 2.05) is 30.5 Å². The molecular formula is C16H21CaClN2. The third-order valence-electron chi connectivity index (χ3n) is 3.18. The number of benzene rings is 1. The first-order valence-electron chi connectivity index (χ1n) is 6.48. The van der Waals surface area contributed by atoms with Gasteiger partial charge in [0, 0.05) is 22.8 Å². The third-order valence-corrected chi connectivity index (χ3v) is 3.43. The predicted octanol–water partition coefficient (Wildman–Crippen LogP) is 2.90. The van der Waals surface area contributed by atoms with E-state index in [2.05, 4.69) is 42.2 Å². The van der Waals surface area contributed by atoms with E-state index < -0.39 is 0 Å². The van der Waals surface area contributed by atoms with Gasteiger partial charge in [-0.05, 0) is 56.9 Å². The summed E-state index contributed by atoms with van der Waals surface area (Å²) in [7, 11) is 4.19. The fourth-order valence-electron chi connectivity index (χ4n) is 2.15. The summed E-state index contributed by atoms with van der Waals surface area (Å²) in [5.74, 6) is 0.320. The van der Waals surface area contributed by atoms with E-state index in [9.17, 15) is 0 Å². The molecule has 0 N–H and O–H groups in total. The van der Waals surface area contributed by atoms with E-state index in [4.69, 9.17) is 11.6 Å². The molecule has 1 aromatic heterocycles. The van der Waals surface area contributed by atoms with Crippen molar-refractivity contribution in [1.82, 2.24) is 9.88 Å². The van der Waals surface area contributed by atoms with Crippen molar-refractivity contribution in [1.29, 1.82) is 0 Å². The molecule has 0 aliphatic carbocycles. The van der Waals surface area contributed by atoms with Crippen molar-refractivity contribution >= 4 is 49.3 Å². The van der Waals surface area contributed by atoms with Gasteiger partial charge in [-0.2, -0.15) is 0 Å².